The molecule has 1 aromatic heterocycles. The molecule has 3 rings (SSSR count). The lowest BCUT2D eigenvalue weighted by Gasteiger charge is -2.39. The predicted octanol–water partition coefficient (Wildman–Crippen LogP) is 3.87. The summed E-state index contributed by atoms with van der Waals surface area (Å²) in [5.41, 5.74) is 0.938. The zero-order valence-corrected chi connectivity index (χ0v) is 12.8. The van der Waals surface area contributed by atoms with Crippen molar-refractivity contribution < 1.29 is 9.63 Å². The second kappa shape index (κ2) is 5.60. The van der Waals surface area contributed by atoms with Gasteiger partial charge in [-0.2, -0.15) is 4.73 Å². The van der Waals surface area contributed by atoms with Crippen LogP contribution >= 0.6 is 12.2 Å². The van der Waals surface area contributed by atoms with E-state index in [0.29, 0.717) is 17.0 Å². The van der Waals surface area contributed by atoms with E-state index in [9.17, 15) is 4.79 Å². The number of hydrogen-bond donors (Lipinski definition) is 0. The Balaban J connectivity index is 1.76. The highest BCUT2D eigenvalue weighted by Crippen LogP contribution is 2.53. The molecule has 0 amide bonds. The SMILES string of the molecule is C=C1C=C[C@@H]2CCCC[C@]12CC(=O)On1ccccc1=S. The van der Waals surface area contributed by atoms with Crippen LogP contribution in [0.2, 0.25) is 0 Å². The quantitative estimate of drug-likeness (QED) is 0.794. The van der Waals surface area contributed by atoms with Gasteiger partial charge in [0.2, 0.25) is 0 Å². The number of allylic oxidation sites excluding steroid dienone is 3. The molecular weight excluding hydrogens is 282 g/mol. The molecule has 21 heavy (non-hydrogen) atoms. The molecule has 1 fully saturated rings. The van der Waals surface area contributed by atoms with Crippen molar-refractivity contribution >= 4 is 18.2 Å². The van der Waals surface area contributed by atoms with Crippen LogP contribution in [0.5, 0.6) is 0 Å². The third-order valence-corrected chi connectivity index (χ3v) is 5.03. The molecule has 3 nitrogen and oxygen atoms in total. The standard InChI is InChI=1S/C17H19NO2S/c1-13-8-9-14-6-2-4-10-17(13,14)12-16(19)20-18-11-5-3-7-15(18)21/h3,5,7-9,11,14H,1-2,4,6,10,12H2/t14-,17-/m0/s1. The van der Waals surface area contributed by atoms with Crippen molar-refractivity contribution in [1.82, 2.24) is 4.73 Å². The monoisotopic (exact) mass is 301 g/mol. The molecule has 0 bridgehead atoms. The van der Waals surface area contributed by atoms with Crippen LogP contribution in [0.25, 0.3) is 0 Å². The molecule has 2 aliphatic carbocycles. The first kappa shape index (κ1) is 14.3. The number of aromatic nitrogens is 1. The Kier molecular flexibility index (Phi) is 3.81. The van der Waals surface area contributed by atoms with Crippen molar-refractivity contribution in [2.24, 2.45) is 11.3 Å². The third-order valence-electron chi connectivity index (χ3n) is 4.72. The van der Waals surface area contributed by atoms with Gasteiger partial charge in [-0.15, -0.1) is 0 Å². The number of nitrogens with zero attached hydrogens (tertiary/aromatic N) is 1. The molecule has 0 aliphatic heterocycles. The molecule has 110 valence electrons. The average molecular weight is 301 g/mol. The highest BCUT2D eigenvalue weighted by atomic mass is 32.1. The van der Waals surface area contributed by atoms with Crippen LogP contribution in [-0.4, -0.2) is 10.7 Å². The molecule has 2 aliphatic rings. The Morgan fingerprint density at radius 2 is 2.33 bits per heavy atom. The first-order chi connectivity index (χ1) is 10.1. The number of fused-ring (bicyclic) bond motifs is 1. The maximum atomic E-state index is 12.4. The van der Waals surface area contributed by atoms with Gasteiger partial charge in [-0.05, 0) is 36.5 Å². The fourth-order valence-corrected chi connectivity index (χ4v) is 3.74. The Bertz CT molecular complexity index is 661. The molecule has 0 spiro atoms. The van der Waals surface area contributed by atoms with Gasteiger partial charge in [-0.3, -0.25) is 0 Å². The minimum absolute atomic E-state index is 0.133. The van der Waals surface area contributed by atoms with Gasteiger partial charge in [0.1, 0.15) is 4.64 Å². The van der Waals surface area contributed by atoms with Gasteiger partial charge in [-0.1, -0.05) is 49.9 Å². The van der Waals surface area contributed by atoms with Crippen molar-refractivity contribution in [2.75, 3.05) is 0 Å². The molecule has 4 heteroatoms. The molecule has 1 saturated carbocycles. The number of rotatable bonds is 3. The van der Waals surface area contributed by atoms with E-state index >= 15 is 0 Å². The molecule has 0 radical (unpaired) electrons. The van der Waals surface area contributed by atoms with Crippen LogP contribution in [-0.2, 0) is 4.79 Å². The summed E-state index contributed by atoms with van der Waals surface area (Å²) in [5.74, 6) is 0.184. The summed E-state index contributed by atoms with van der Waals surface area (Å²) >= 11 is 5.15. The fourth-order valence-electron chi connectivity index (χ4n) is 3.56. The Morgan fingerprint density at radius 3 is 3.14 bits per heavy atom. The van der Waals surface area contributed by atoms with Gasteiger partial charge in [0.25, 0.3) is 0 Å². The molecule has 2 atom stereocenters. The van der Waals surface area contributed by atoms with E-state index < -0.39 is 0 Å². The van der Waals surface area contributed by atoms with Crippen LogP contribution in [0.15, 0.2) is 48.7 Å². The average Bonchev–Trinajstić information content (AvgIpc) is 2.79. The van der Waals surface area contributed by atoms with Crippen LogP contribution in [0.1, 0.15) is 32.1 Å². The maximum absolute atomic E-state index is 12.4. The summed E-state index contributed by atoms with van der Waals surface area (Å²) in [6.45, 7) is 4.17. The molecule has 0 unspecified atom stereocenters. The van der Waals surface area contributed by atoms with Crippen LogP contribution in [0.3, 0.4) is 0 Å². The zero-order chi connectivity index (χ0) is 14.9. The van der Waals surface area contributed by atoms with E-state index in [1.807, 2.05) is 6.07 Å². The lowest BCUT2D eigenvalue weighted by Crippen LogP contribution is -2.36. The topological polar surface area (TPSA) is 31.2 Å². The number of hydrogen-bond acceptors (Lipinski definition) is 3. The van der Waals surface area contributed by atoms with E-state index in [-0.39, 0.29) is 11.4 Å². The highest BCUT2D eigenvalue weighted by Gasteiger charge is 2.45. The van der Waals surface area contributed by atoms with E-state index in [4.69, 9.17) is 17.1 Å². The number of pyridine rings is 1. The second-order valence-corrected chi connectivity index (χ2v) is 6.32. The first-order valence-electron chi connectivity index (χ1n) is 7.38. The summed E-state index contributed by atoms with van der Waals surface area (Å²) < 4.78 is 1.85. The molecule has 1 heterocycles. The van der Waals surface area contributed by atoms with Crippen molar-refractivity contribution in [3.05, 3.63) is 53.3 Å². The summed E-state index contributed by atoms with van der Waals surface area (Å²) in [6, 6.07) is 5.35. The summed E-state index contributed by atoms with van der Waals surface area (Å²) in [5, 5.41) is 0. The van der Waals surface area contributed by atoms with E-state index in [1.54, 1.807) is 18.3 Å². The lowest BCUT2D eigenvalue weighted by atomic mass is 9.64. The minimum Gasteiger partial charge on any atom is -0.336 e. The Morgan fingerprint density at radius 1 is 1.48 bits per heavy atom. The van der Waals surface area contributed by atoms with Crippen molar-refractivity contribution in [2.45, 2.75) is 32.1 Å². The smallest absolute Gasteiger partial charge is 0.333 e. The van der Waals surface area contributed by atoms with Gasteiger partial charge in [0.15, 0.2) is 0 Å². The first-order valence-corrected chi connectivity index (χ1v) is 7.79. The number of carbonyl (C=O) groups excluding carboxylic acids is 1. The Hall–Kier alpha value is -1.68. The number of carbonyl (C=O) groups is 1. The van der Waals surface area contributed by atoms with Crippen LogP contribution in [0.4, 0.5) is 0 Å². The molecular formula is C17H19NO2S. The van der Waals surface area contributed by atoms with Crippen molar-refractivity contribution in [1.29, 1.82) is 0 Å². The Labute approximate surface area is 129 Å². The largest absolute Gasteiger partial charge is 0.336 e. The molecule has 0 saturated heterocycles. The highest BCUT2D eigenvalue weighted by molar-refractivity contribution is 7.71. The van der Waals surface area contributed by atoms with Gasteiger partial charge in [-0.25, -0.2) is 4.79 Å². The summed E-state index contributed by atoms with van der Waals surface area (Å²) in [6.07, 6.45) is 10.9. The summed E-state index contributed by atoms with van der Waals surface area (Å²) in [4.78, 5) is 17.8. The second-order valence-electron chi connectivity index (χ2n) is 5.90. The van der Waals surface area contributed by atoms with Crippen LogP contribution < -0.4 is 4.84 Å². The van der Waals surface area contributed by atoms with E-state index in [2.05, 4.69) is 18.7 Å². The van der Waals surface area contributed by atoms with Gasteiger partial charge >= 0.3 is 5.97 Å². The maximum Gasteiger partial charge on any atom is 0.333 e. The van der Waals surface area contributed by atoms with Gasteiger partial charge < -0.3 is 4.84 Å². The molecule has 0 aromatic carbocycles. The fraction of sp³-hybridized carbons (Fsp3) is 0.412. The minimum atomic E-state index is -0.242. The van der Waals surface area contributed by atoms with Crippen molar-refractivity contribution in [3.8, 4) is 0 Å². The molecule has 0 N–H and O–H groups in total. The normalized spacial score (nSPS) is 27.4. The predicted molar refractivity (Wildman–Crippen MR) is 84.1 cm³/mol. The third kappa shape index (κ3) is 2.60. The van der Waals surface area contributed by atoms with Gasteiger partial charge in [0.05, 0.1) is 6.42 Å². The summed E-state index contributed by atoms with van der Waals surface area (Å²) in [7, 11) is 0. The van der Waals surface area contributed by atoms with E-state index in [0.717, 1.165) is 24.8 Å². The van der Waals surface area contributed by atoms with E-state index in [1.165, 1.54) is 11.2 Å². The zero-order valence-electron chi connectivity index (χ0n) is 12.0. The van der Waals surface area contributed by atoms with Crippen molar-refractivity contribution in [3.63, 3.8) is 0 Å². The van der Waals surface area contributed by atoms with Crippen LogP contribution in [0, 0.1) is 16.0 Å². The molecule has 1 aromatic rings. The van der Waals surface area contributed by atoms with Gasteiger partial charge in [0, 0.05) is 11.6 Å². The lowest BCUT2D eigenvalue weighted by molar-refractivity contribution is -0.147.